The number of ketones is 1. The minimum Gasteiger partial charge on any atom is -0.334 e. The number of likely N-dealkylation sites (tertiary alicyclic amines) is 1. The van der Waals surface area contributed by atoms with Crippen LogP contribution in [-0.2, 0) is 9.59 Å². The van der Waals surface area contributed by atoms with Gasteiger partial charge in [-0.2, -0.15) is 8.78 Å². The van der Waals surface area contributed by atoms with Crippen molar-refractivity contribution >= 4 is 27.6 Å². The van der Waals surface area contributed by atoms with Gasteiger partial charge in [-0.25, -0.2) is 0 Å². The third-order valence-electron chi connectivity index (χ3n) is 2.46. The molecular weight excluding hydrogens is 272 g/mol. The Labute approximate surface area is 94.9 Å². The lowest BCUT2D eigenvalue weighted by Crippen LogP contribution is -2.40. The molecule has 0 aromatic rings. The first-order valence-corrected chi connectivity index (χ1v) is 5.84. The Hall–Kier alpha value is -0.520. The van der Waals surface area contributed by atoms with E-state index < -0.39 is 12.3 Å². The highest BCUT2D eigenvalue weighted by Gasteiger charge is 2.33. The minimum atomic E-state index is -2.97. The number of alkyl halides is 3. The molecule has 1 unspecified atom stereocenters. The molecule has 0 N–H and O–H groups in total. The molecule has 3 nitrogen and oxygen atoms in total. The summed E-state index contributed by atoms with van der Waals surface area (Å²) in [6, 6.07) is -0.337. The summed E-state index contributed by atoms with van der Waals surface area (Å²) in [7, 11) is 0. The minimum absolute atomic E-state index is 0.0611. The monoisotopic (exact) mass is 283 g/mol. The fourth-order valence-corrected chi connectivity index (χ4v) is 2.01. The predicted molar refractivity (Wildman–Crippen MR) is 54.2 cm³/mol. The third kappa shape index (κ3) is 3.22. The first kappa shape index (κ1) is 12.5. The van der Waals surface area contributed by atoms with E-state index in [2.05, 4.69) is 15.9 Å². The van der Waals surface area contributed by atoms with Crippen molar-refractivity contribution in [2.75, 3.05) is 11.9 Å². The number of hydrogen-bond acceptors (Lipinski definition) is 2. The van der Waals surface area contributed by atoms with E-state index in [1.165, 1.54) is 0 Å². The molecule has 1 amide bonds. The first-order valence-electron chi connectivity index (χ1n) is 4.72. The van der Waals surface area contributed by atoms with Gasteiger partial charge < -0.3 is 4.90 Å². The molecule has 0 spiro atoms. The molecule has 1 heterocycles. The van der Waals surface area contributed by atoms with Crippen LogP contribution in [0.1, 0.15) is 19.3 Å². The van der Waals surface area contributed by atoms with Crippen molar-refractivity contribution in [2.45, 2.75) is 31.7 Å². The van der Waals surface area contributed by atoms with E-state index in [4.69, 9.17) is 0 Å². The van der Waals surface area contributed by atoms with E-state index in [1.54, 1.807) is 0 Å². The van der Waals surface area contributed by atoms with Crippen molar-refractivity contribution in [3.63, 3.8) is 0 Å². The summed E-state index contributed by atoms with van der Waals surface area (Å²) in [4.78, 5) is 23.3. The highest BCUT2D eigenvalue weighted by molar-refractivity contribution is 9.09. The van der Waals surface area contributed by atoms with Crippen molar-refractivity contribution < 1.29 is 18.4 Å². The summed E-state index contributed by atoms with van der Waals surface area (Å²) in [6.07, 6.45) is -1.47. The van der Waals surface area contributed by atoms with Gasteiger partial charge in [0.15, 0.2) is 0 Å². The van der Waals surface area contributed by atoms with Gasteiger partial charge in [0.1, 0.15) is 5.78 Å². The standard InChI is InChI=1S/C9H12BrF2NO2/c10-5-7(14)4-6-2-1-3-13(6)9(15)8(11)12/h6,8H,1-5H2. The van der Waals surface area contributed by atoms with Crippen LogP contribution < -0.4 is 0 Å². The molecular formula is C9H12BrF2NO2. The normalized spacial score (nSPS) is 21.1. The number of rotatable bonds is 4. The van der Waals surface area contributed by atoms with Gasteiger partial charge in [-0.1, -0.05) is 15.9 Å². The number of carbonyl (C=O) groups is 2. The number of carbonyl (C=O) groups excluding carboxylic acids is 2. The highest BCUT2D eigenvalue weighted by atomic mass is 79.9. The van der Waals surface area contributed by atoms with Crippen LogP contribution in [0, 0.1) is 0 Å². The predicted octanol–water partition coefficient (Wildman–Crippen LogP) is 1.60. The van der Waals surface area contributed by atoms with E-state index in [-0.39, 0.29) is 23.6 Å². The lowest BCUT2D eigenvalue weighted by Gasteiger charge is -2.23. The third-order valence-corrected chi connectivity index (χ3v) is 3.08. The zero-order valence-corrected chi connectivity index (χ0v) is 9.67. The van der Waals surface area contributed by atoms with Crippen molar-refractivity contribution in [1.29, 1.82) is 0 Å². The van der Waals surface area contributed by atoms with Crippen molar-refractivity contribution in [1.82, 2.24) is 4.90 Å². The largest absolute Gasteiger partial charge is 0.334 e. The zero-order valence-electron chi connectivity index (χ0n) is 8.09. The number of Topliss-reactive ketones (excluding diaryl/α,β-unsaturated/α-hetero) is 1. The summed E-state index contributed by atoms with van der Waals surface area (Å²) in [5, 5.41) is 0.209. The van der Waals surface area contributed by atoms with Gasteiger partial charge in [0.05, 0.1) is 5.33 Å². The average molecular weight is 284 g/mol. The van der Waals surface area contributed by atoms with Gasteiger partial charge in [0.25, 0.3) is 5.91 Å². The van der Waals surface area contributed by atoms with Crippen LogP contribution in [0.5, 0.6) is 0 Å². The molecule has 0 aliphatic carbocycles. The maximum absolute atomic E-state index is 12.2. The fourth-order valence-electron chi connectivity index (χ4n) is 1.78. The lowest BCUT2D eigenvalue weighted by molar-refractivity contribution is -0.144. The van der Waals surface area contributed by atoms with Crippen LogP contribution >= 0.6 is 15.9 Å². The molecule has 0 saturated carbocycles. The SMILES string of the molecule is O=C(CBr)CC1CCCN1C(=O)C(F)F. The Bertz CT molecular complexity index is 260. The molecule has 1 aliphatic heterocycles. The van der Waals surface area contributed by atoms with E-state index in [0.717, 1.165) is 4.90 Å². The summed E-state index contributed by atoms with van der Waals surface area (Å²) >= 11 is 3.01. The molecule has 6 heteroatoms. The van der Waals surface area contributed by atoms with Gasteiger partial charge in [-0.05, 0) is 12.8 Å². The van der Waals surface area contributed by atoms with E-state index >= 15 is 0 Å². The number of hydrogen-bond donors (Lipinski definition) is 0. The van der Waals surface area contributed by atoms with Gasteiger partial charge in [0, 0.05) is 19.0 Å². The molecule has 0 bridgehead atoms. The van der Waals surface area contributed by atoms with Crippen molar-refractivity contribution in [3.8, 4) is 0 Å². The molecule has 0 radical (unpaired) electrons. The number of halogens is 3. The van der Waals surface area contributed by atoms with Gasteiger partial charge in [0.2, 0.25) is 0 Å². The maximum Gasteiger partial charge on any atom is 0.315 e. The molecule has 1 atom stereocenters. The Balaban J connectivity index is 2.57. The van der Waals surface area contributed by atoms with Crippen molar-refractivity contribution in [3.05, 3.63) is 0 Å². The second kappa shape index (κ2) is 5.53. The molecule has 1 rings (SSSR count). The van der Waals surface area contributed by atoms with Crippen molar-refractivity contribution in [2.24, 2.45) is 0 Å². The summed E-state index contributed by atoms with van der Waals surface area (Å²) in [5.74, 6) is -1.21. The van der Waals surface area contributed by atoms with E-state index in [0.29, 0.717) is 19.4 Å². The van der Waals surface area contributed by atoms with Crippen LogP contribution in [-0.4, -0.2) is 40.9 Å². The maximum atomic E-state index is 12.2. The smallest absolute Gasteiger partial charge is 0.315 e. The summed E-state index contributed by atoms with van der Waals surface area (Å²) < 4.78 is 24.4. The number of nitrogens with zero attached hydrogens (tertiary/aromatic N) is 1. The average Bonchev–Trinajstić information content (AvgIpc) is 2.64. The Morgan fingerprint density at radius 3 is 2.67 bits per heavy atom. The first-order chi connectivity index (χ1) is 7.06. The Morgan fingerprint density at radius 2 is 2.13 bits per heavy atom. The highest BCUT2D eigenvalue weighted by Crippen LogP contribution is 2.22. The van der Waals surface area contributed by atoms with Gasteiger partial charge >= 0.3 is 6.43 Å². The zero-order chi connectivity index (χ0) is 11.4. The van der Waals surface area contributed by atoms with E-state index in [9.17, 15) is 18.4 Å². The quantitative estimate of drug-likeness (QED) is 0.735. The topological polar surface area (TPSA) is 37.4 Å². The van der Waals surface area contributed by atoms with Crippen LogP contribution in [0.15, 0.2) is 0 Å². The van der Waals surface area contributed by atoms with Crippen LogP contribution in [0.3, 0.4) is 0 Å². The van der Waals surface area contributed by atoms with Gasteiger partial charge in [-0.3, -0.25) is 9.59 Å². The molecule has 0 aromatic carbocycles. The lowest BCUT2D eigenvalue weighted by atomic mass is 10.1. The number of amides is 1. The fraction of sp³-hybridized carbons (Fsp3) is 0.778. The molecule has 15 heavy (non-hydrogen) atoms. The second-order valence-corrected chi connectivity index (χ2v) is 4.07. The molecule has 1 fully saturated rings. The van der Waals surface area contributed by atoms with Crippen LogP contribution in [0.2, 0.25) is 0 Å². The summed E-state index contributed by atoms with van der Waals surface area (Å²) in [6.45, 7) is 0.337. The molecule has 1 saturated heterocycles. The molecule has 0 aromatic heterocycles. The Kier molecular flexibility index (Phi) is 4.63. The van der Waals surface area contributed by atoms with E-state index in [1.807, 2.05) is 0 Å². The van der Waals surface area contributed by atoms with Crippen LogP contribution in [0.25, 0.3) is 0 Å². The van der Waals surface area contributed by atoms with Gasteiger partial charge in [-0.15, -0.1) is 0 Å². The second-order valence-electron chi connectivity index (χ2n) is 3.50. The Morgan fingerprint density at radius 1 is 1.47 bits per heavy atom. The molecule has 86 valence electrons. The van der Waals surface area contributed by atoms with Crippen LogP contribution in [0.4, 0.5) is 8.78 Å². The summed E-state index contributed by atoms with van der Waals surface area (Å²) in [5.41, 5.74) is 0. The molecule has 1 aliphatic rings.